The summed E-state index contributed by atoms with van der Waals surface area (Å²) in [7, 11) is 0. The molecule has 3 atom stereocenters. The van der Waals surface area contributed by atoms with Crippen LogP contribution in [0.25, 0.3) is 0 Å². The van der Waals surface area contributed by atoms with Gasteiger partial charge in [0.2, 0.25) is 5.91 Å². The van der Waals surface area contributed by atoms with Crippen LogP contribution in [0.4, 0.5) is 4.79 Å². The molecule has 0 unspecified atom stereocenters. The van der Waals surface area contributed by atoms with Crippen molar-refractivity contribution < 1.29 is 33.3 Å². The zero-order valence-electron chi connectivity index (χ0n) is 19.7. The number of thioether (sulfide) groups is 1. The maximum absolute atomic E-state index is 13.2. The van der Waals surface area contributed by atoms with Crippen molar-refractivity contribution in [2.45, 2.75) is 57.1 Å². The molecule has 1 saturated heterocycles. The van der Waals surface area contributed by atoms with E-state index >= 15 is 0 Å². The van der Waals surface area contributed by atoms with Gasteiger partial charge in [0.1, 0.15) is 12.6 Å². The maximum atomic E-state index is 13.2. The van der Waals surface area contributed by atoms with Crippen LogP contribution >= 0.6 is 11.8 Å². The number of benzene rings is 1. The zero-order chi connectivity index (χ0) is 24.4. The number of amides is 2. The molecule has 2 fully saturated rings. The van der Waals surface area contributed by atoms with Gasteiger partial charge < -0.3 is 29.6 Å². The summed E-state index contributed by atoms with van der Waals surface area (Å²) < 4.78 is 22.1. The number of ether oxygens (including phenoxy) is 4. The predicted molar refractivity (Wildman–Crippen MR) is 127 cm³/mol. The Bertz CT molecular complexity index is 817. The number of hydrogen-bond donors (Lipinski definition) is 2. The quantitative estimate of drug-likeness (QED) is 0.478. The van der Waals surface area contributed by atoms with Gasteiger partial charge in [0.25, 0.3) is 0 Å². The number of carbonyl (C=O) groups is 3. The third-order valence-corrected chi connectivity index (χ3v) is 6.66. The van der Waals surface area contributed by atoms with Crippen LogP contribution in [-0.4, -0.2) is 67.7 Å². The van der Waals surface area contributed by atoms with Crippen LogP contribution in [0.2, 0.25) is 0 Å². The van der Waals surface area contributed by atoms with E-state index in [2.05, 4.69) is 10.6 Å². The first kappa shape index (κ1) is 26.3. The third kappa shape index (κ3) is 7.35. The van der Waals surface area contributed by atoms with Crippen molar-refractivity contribution in [1.82, 2.24) is 10.6 Å². The smallest absolute Gasteiger partial charge is 0.408 e. The number of rotatable bonds is 10. The number of nitrogens with one attached hydrogen (secondary N) is 2. The normalized spacial score (nSPS) is 22.1. The summed E-state index contributed by atoms with van der Waals surface area (Å²) in [5, 5.41) is 5.65. The van der Waals surface area contributed by atoms with Crippen LogP contribution < -0.4 is 10.6 Å². The SMILES string of the molecule is CCOC(=O)[C@@H]1CC2(CC[C@@H]1NC(=O)[C@H](CCSC)NC(=O)OCc1ccccc1)OCCO2. The Morgan fingerprint density at radius 1 is 1.18 bits per heavy atom. The monoisotopic (exact) mass is 494 g/mol. The van der Waals surface area contributed by atoms with Crippen molar-refractivity contribution in [2.75, 3.05) is 31.8 Å². The molecule has 34 heavy (non-hydrogen) atoms. The van der Waals surface area contributed by atoms with Crippen LogP contribution in [0, 0.1) is 5.92 Å². The topological polar surface area (TPSA) is 112 Å². The molecule has 0 radical (unpaired) electrons. The molecular formula is C24H34N2O7S. The van der Waals surface area contributed by atoms with Gasteiger partial charge in [-0.25, -0.2) is 4.79 Å². The minimum Gasteiger partial charge on any atom is -0.466 e. The molecule has 1 heterocycles. The molecule has 1 aromatic carbocycles. The van der Waals surface area contributed by atoms with Gasteiger partial charge in [-0.1, -0.05) is 30.3 Å². The number of alkyl carbamates (subject to hydrolysis) is 1. The number of esters is 1. The first-order valence-electron chi connectivity index (χ1n) is 11.7. The summed E-state index contributed by atoms with van der Waals surface area (Å²) >= 11 is 1.58. The maximum Gasteiger partial charge on any atom is 0.408 e. The van der Waals surface area contributed by atoms with E-state index in [-0.39, 0.29) is 25.1 Å². The van der Waals surface area contributed by atoms with Crippen molar-refractivity contribution in [3.8, 4) is 0 Å². The molecule has 1 saturated carbocycles. The number of hydrogen-bond acceptors (Lipinski definition) is 8. The lowest BCUT2D eigenvalue weighted by Gasteiger charge is -2.40. The molecule has 188 valence electrons. The zero-order valence-corrected chi connectivity index (χ0v) is 20.6. The van der Waals surface area contributed by atoms with Crippen molar-refractivity contribution in [1.29, 1.82) is 0 Å². The highest BCUT2D eigenvalue weighted by molar-refractivity contribution is 7.98. The lowest BCUT2D eigenvalue weighted by molar-refractivity contribution is -0.199. The van der Waals surface area contributed by atoms with Crippen LogP contribution in [0.15, 0.2) is 30.3 Å². The van der Waals surface area contributed by atoms with Gasteiger partial charge in [-0.15, -0.1) is 0 Å². The number of carbonyl (C=O) groups excluding carboxylic acids is 3. The third-order valence-electron chi connectivity index (χ3n) is 6.02. The molecule has 2 N–H and O–H groups in total. The highest BCUT2D eigenvalue weighted by Crippen LogP contribution is 2.39. The fourth-order valence-corrected chi connectivity index (χ4v) is 4.75. The van der Waals surface area contributed by atoms with Gasteiger partial charge in [0.15, 0.2) is 5.79 Å². The second-order valence-electron chi connectivity index (χ2n) is 8.36. The van der Waals surface area contributed by atoms with Gasteiger partial charge >= 0.3 is 12.1 Å². The Morgan fingerprint density at radius 3 is 2.59 bits per heavy atom. The average Bonchev–Trinajstić information content (AvgIpc) is 3.30. The van der Waals surface area contributed by atoms with E-state index < -0.39 is 29.9 Å². The predicted octanol–water partition coefficient (Wildman–Crippen LogP) is 2.63. The molecule has 9 nitrogen and oxygen atoms in total. The molecule has 1 spiro atoms. The average molecular weight is 495 g/mol. The van der Waals surface area contributed by atoms with E-state index in [9.17, 15) is 14.4 Å². The molecule has 0 bridgehead atoms. The van der Waals surface area contributed by atoms with Crippen LogP contribution in [0.1, 0.15) is 38.2 Å². The Hall–Kier alpha value is -2.30. The molecule has 1 aromatic rings. The molecule has 2 aliphatic rings. The van der Waals surface area contributed by atoms with Crippen LogP contribution in [0.3, 0.4) is 0 Å². The second-order valence-corrected chi connectivity index (χ2v) is 9.35. The van der Waals surface area contributed by atoms with Crippen LogP contribution in [0.5, 0.6) is 0 Å². The fourth-order valence-electron chi connectivity index (χ4n) is 4.28. The summed E-state index contributed by atoms with van der Waals surface area (Å²) in [5.41, 5.74) is 0.854. The first-order valence-corrected chi connectivity index (χ1v) is 13.1. The van der Waals surface area contributed by atoms with Gasteiger partial charge in [0.05, 0.1) is 25.7 Å². The summed E-state index contributed by atoms with van der Waals surface area (Å²) in [4.78, 5) is 38.2. The molecule has 1 aliphatic carbocycles. The van der Waals surface area contributed by atoms with Crippen molar-refractivity contribution >= 4 is 29.7 Å². The standard InChI is InChI=1S/C24H34N2O7S/c1-3-30-22(28)18-15-24(32-12-13-33-24)11-9-19(18)25-21(27)20(10-14-34-2)26-23(29)31-16-17-7-5-4-6-8-17/h4-8,18-20H,3,9-16H2,1-2H3,(H,25,27)(H,26,29)/t18-,19+,20+/m1/s1. The largest absolute Gasteiger partial charge is 0.466 e. The second kappa shape index (κ2) is 13.0. The van der Waals surface area contributed by atoms with Gasteiger partial charge in [-0.05, 0) is 37.3 Å². The molecule has 3 rings (SSSR count). The van der Waals surface area contributed by atoms with E-state index in [0.29, 0.717) is 44.6 Å². The van der Waals surface area contributed by atoms with Crippen LogP contribution in [-0.2, 0) is 35.1 Å². The molecule has 10 heteroatoms. The fraction of sp³-hybridized carbons (Fsp3) is 0.625. The lowest BCUT2D eigenvalue weighted by Crippen LogP contribution is -2.56. The Kier molecular flexibility index (Phi) is 10.0. The Balaban J connectivity index is 1.61. The molecular weight excluding hydrogens is 460 g/mol. The van der Waals surface area contributed by atoms with Crippen molar-refractivity contribution in [2.24, 2.45) is 5.92 Å². The lowest BCUT2D eigenvalue weighted by atomic mass is 9.80. The Morgan fingerprint density at radius 2 is 1.91 bits per heavy atom. The van der Waals surface area contributed by atoms with E-state index in [1.807, 2.05) is 36.6 Å². The highest BCUT2D eigenvalue weighted by atomic mass is 32.2. The highest BCUT2D eigenvalue weighted by Gasteiger charge is 2.48. The van der Waals surface area contributed by atoms with Gasteiger partial charge in [0, 0.05) is 18.9 Å². The Labute approximate surface area is 204 Å². The van der Waals surface area contributed by atoms with Crippen molar-refractivity contribution in [3.63, 3.8) is 0 Å². The molecule has 2 amide bonds. The van der Waals surface area contributed by atoms with E-state index in [1.54, 1.807) is 18.7 Å². The van der Waals surface area contributed by atoms with Crippen molar-refractivity contribution in [3.05, 3.63) is 35.9 Å². The van der Waals surface area contributed by atoms with E-state index in [1.165, 1.54) is 0 Å². The first-order chi connectivity index (χ1) is 16.5. The summed E-state index contributed by atoms with van der Waals surface area (Å²) in [5.74, 6) is -1.46. The van der Waals surface area contributed by atoms with E-state index in [0.717, 1.165) is 5.56 Å². The van der Waals surface area contributed by atoms with Gasteiger partial charge in [-0.2, -0.15) is 11.8 Å². The minimum atomic E-state index is -0.795. The molecule has 0 aromatic heterocycles. The summed E-state index contributed by atoms with van der Waals surface area (Å²) in [6.07, 6.45) is 3.09. The van der Waals surface area contributed by atoms with E-state index in [4.69, 9.17) is 18.9 Å². The summed E-state index contributed by atoms with van der Waals surface area (Å²) in [6.45, 7) is 3.07. The summed E-state index contributed by atoms with van der Waals surface area (Å²) in [6, 6.07) is 8.09. The minimum absolute atomic E-state index is 0.110. The molecule has 1 aliphatic heterocycles. The van der Waals surface area contributed by atoms with Gasteiger partial charge in [-0.3, -0.25) is 9.59 Å².